The molecule has 0 unspecified atom stereocenters. The van der Waals surface area contributed by atoms with Gasteiger partial charge in [-0.2, -0.15) is 5.10 Å². The quantitative estimate of drug-likeness (QED) is 0.774. The van der Waals surface area contributed by atoms with Crippen LogP contribution in [-0.4, -0.2) is 16.2 Å². The molecule has 2 aromatic heterocycles. The lowest BCUT2D eigenvalue weighted by Crippen LogP contribution is -2.36. The topological polar surface area (TPSA) is 53.9 Å². The highest BCUT2D eigenvalue weighted by atomic mass is 16.3. The molecular formula is C17H19N3O. The third-order valence-corrected chi connectivity index (χ3v) is 4.37. The van der Waals surface area contributed by atoms with Gasteiger partial charge in [-0.3, -0.25) is 5.10 Å². The van der Waals surface area contributed by atoms with E-state index in [2.05, 4.69) is 34.6 Å². The Labute approximate surface area is 123 Å². The van der Waals surface area contributed by atoms with Gasteiger partial charge >= 0.3 is 0 Å². The van der Waals surface area contributed by atoms with Crippen LogP contribution < -0.4 is 5.32 Å². The van der Waals surface area contributed by atoms with Crippen molar-refractivity contribution in [3.05, 3.63) is 53.5 Å². The number of aryl methyl sites for hydroxylation is 1. The van der Waals surface area contributed by atoms with Crippen molar-refractivity contribution in [1.82, 2.24) is 15.5 Å². The second-order valence-electron chi connectivity index (χ2n) is 5.89. The van der Waals surface area contributed by atoms with Gasteiger partial charge in [0.2, 0.25) is 0 Å². The lowest BCUT2D eigenvalue weighted by molar-refractivity contribution is 0.373. The van der Waals surface area contributed by atoms with Gasteiger partial charge in [0.1, 0.15) is 11.3 Å². The summed E-state index contributed by atoms with van der Waals surface area (Å²) in [4.78, 5) is 0. The molecule has 4 nitrogen and oxygen atoms in total. The van der Waals surface area contributed by atoms with Crippen LogP contribution in [0.1, 0.15) is 36.4 Å². The SMILES string of the molecule is C[C@@H](N[C@H]1CCc2[nH]ncc2C1)c1cc2ccccc2o1. The Bertz CT molecular complexity index is 725. The number of nitrogens with one attached hydrogen (secondary N) is 2. The Morgan fingerprint density at radius 1 is 1.38 bits per heavy atom. The molecule has 0 saturated carbocycles. The molecule has 0 aliphatic heterocycles. The van der Waals surface area contributed by atoms with Crippen LogP contribution in [0.5, 0.6) is 0 Å². The molecule has 2 atom stereocenters. The minimum atomic E-state index is 0.218. The number of rotatable bonds is 3. The number of fused-ring (bicyclic) bond motifs is 2. The van der Waals surface area contributed by atoms with Crippen molar-refractivity contribution in [1.29, 1.82) is 0 Å². The zero-order valence-electron chi connectivity index (χ0n) is 12.1. The van der Waals surface area contributed by atoms with E-state index in [4.69, 9.17) is 4.42 Å². The summed E-state index contributed by atoms with van der Waals surface area (Å²) in [5, 5.41) is 12.1. The maximum absolute atomic E-state index is 5.94. The van der Waals surface area contributed by atoms with Crippen molar-refractivity contribution in [3.63, 3.8) is 0 Å². The van der Waals surface area contributed by atoms with Gasteiger partial charge in [0.05, 0.1) is 12.2 Å². The van der Waals surface area contributed by atoms with E-state index >= 15 is 0 Å². The number of aromatic amines is 1. The molecule has 1 aromatic carbocycles. The van der Waals surface area contributed by atoms with Gasteiger partial charge < -0.3 is 9.73 Å². The van der Waals surface area contributed by atoms with E-state index in [-0.39, 0.29) is 6.04 Å². The molecule has 1 aliphatic carbocycles. The predicted molar refractivity (Wildman–Crippen MR) is 82.2 cm³/mol. The van der Waals surface area contributed by atoms with E-state index in [1.54, 1.807) is 0 Å². The second-order valence-corrected chi connectivity index (χ2v) is 5.89. The molecule has 4 heteroatoms. The molecule has 108 valence electrons. The molecule has 1 aliphatic rings. The van der Waals surface area contributed by atoms with Gasteiger partial charge in [-0.25, -0.2) is 0 Å². The van der Waals surface area contributed by atoms with Gasteiger partial charge in [0.25, 0.3) is 0 Å². The number of furan rings is 1. The lowest BCUT2D eigenvalue weighted by Gasteiger charge is -2.25. The molecule has 0 spiro atoms. The van der Waals surface area contributed by atoms with E-state index in [1.807, 2.05) is 24.4 Å². The predicted octanol–water partition coefficient (Wildman–Crippen LogP) is 3.36. The molecule has 0 saturated heterocycles. The number of aromatic nitrogens is 2. The van der Waals surface area contributed by atoms with Crippen LogP contribution in [0.3, 0.4) is 0 Å². The second kappa shape index (κ2) is 5.04. The first kappa shape index (κ1) is 12.7. The molecule has 0 fully saturated rings. The standard InChI is InChI=1S/C17H19N3O/c1-11(17-9-12-4-2-3-5-16(12)21-17)19-14-6-7-15-13(8-14)10-18-20-15/h2-5,9-11,14,19H,6-8H2,1H3,(H,18,20)/t11-,14+/m1/s1. The third kappa shape index (κ3) is 2.36. The molecule has 3 aromatic rings. The zero-order valence-corrected chi connectivity index (χ0v) is 12.1. The smallest absolute Gasteiger partial charge is 0.134 e. The molecule has 2 N–H and O–H groups in total. The van der Waals surface area contributed by atoms with Crippen molar-refractivity contribution < 1.29 is 4.42 Å². The Morgan fingerprint density at radius 2 is 2.29 bits per heavy atom. The van der Waals surface area contributed by atoms with E-state index in [9.17, 15) is 0 Å². The van der Waals surface area contributed by atoms with Gasteiger partial charge in [0.15, 0.2) is 0 Å². The van der Waals surface area contributed by atoms with Crippen LogP contribution in [0.15, 0.2) is 40.9 Å². The number of hydrogen-bond donors (Lipinski definition) is 2. The van der Waals surface area contributed by atoms with E-state index in [0.29, 0.717) is 6.04 Å². The minimum Gasteiger partial charge on any atom is -0.459 e. The first-order valence-electron chi connectivity index (χ1n) is 7.55. The van der Waals surface area contributed by atoms with Gasteiger partial charge in [-0.15, -0.1) is 0 Å². The van der Waals surface area contributed by atoms with Crippen LogP contribution in [0, 0.1) is 0 Å². The fourth-order valence-electron chi connectivity index (χ4n) is 3.21. The summed E-state index contributed by atoms with van der Waals surface area (Å²) >= 11 is 0. The monoisotopic (exact) mass is 281 g/mol. The molecule has 0 bridgehead atoms. The first-order valence-corrected chi connectivity index (χ1v) is 7.55. The lowest BCUT2D eigenvalue weighted by atomic mass is 9.93. The molecule has 2 heterocycles. The Morgan fingerprint density at radius 3 is 3.19 bits per heavy atom. The van der Waals surface area contributed by atoms with Crippen LogP contribution >= 0.6 is 0 Å². The van der Waals surface area contributed by atoms with E-state index in [0.717, 1.165) is 30.6 Å². The summed E-state index contributed by atoms with van der Waals surface area (Å²) in [5.74, 6) is 1.01. The normalized spacial score (nSPS) is 19.6. The van der Waals surface area contributed by atoms with Crippen molar-refractivity contribution in [2.24, 2.45) is 0 Å². The maximum atomic E-state index is 5.94. The van der Waals surface area contributed by atoms with Gasteiger partial charge in [0, 0.05) is 17.1 Å². The van der Waals surface area contributed by atoms with Gasteiger partial charge in [-0.05, 0) is 43.9 Å². The van der Waals surface area contributed by atoms with Crippen LogP contribution in [0.25, 0.3) is 11.0 Å². The average molecular weight is 281 g/mol. The fourth-order valence-corrected chi connectivity index (χ4v) is 3.21. The summed E-state index contributed by atoms with van der Waals surface area (Å²) in [6, 6.07) is 11.0. The number of para-hydroxylation sites is 1. The summed E-state index contributed by atoms with van der Waals surface area (Å²) in [5.41, 5.74) is 3.60. The molecule has 21 heavy (non-hydrogen) atoms. The fraction of sp³-hybridized carbons (Fsp3) is 0.353. The zero-order chi connectivity index (χ0) is 14.2. The molecule has 0 radical (unpaired) electrons. The van der Waals surface area contributed by atoms with E-state index in [1.165, 1.54) is 16.6 Å². The van der Waals surface area contributed by atoms with Crippen molar-refractivity contribution in [2.45, 2.75) is 38.3 Å². The number of benzene rings is 1. The molecule has 0 amide bonds. The summed E-state index contributed by atoms with van der Waals surface area (Å²) in [6.07, 6.45) is 5.20. The Kier molecular flexibility index (Phi) is 3.04. The number of hydrogen-bond acceptors (Lipinski definition) is 3. The molecular weight excluding hydrogens is 262 g/mol. The summed E-state index contributed by atoms with van der Waals surface area (Å²) in [6.45, 7) is 2.17. The largest absolute Gasteiger partial charge is 0.459 e. The number of H-pyrrole nitrogens is 1. The van der Waals surface area contributed by atoms with Crippen molar-refractivity contribution in [2.75, 3.05) is 0 Å². The van der Waals surface area contributed by atoms with Crippen LogP contribution in [0.2, 0.25) is 0 Å². The summed E-state index contributed by atoms with van der Waals surface area (Å²) < 4.78 is 5.94. The third-order valence-electron chi connectivity index (χ3n) is 4.37. The van der Waals surface area contributed by atoms with E-state index < -0.39 is 0 Å². The van der Waals surface area contributed by atoms with Gasteiger partial charge in [-0.1, -0.05) is 18.2 Å². The Balaban J connectivity index is 1.49. The highest BCUT2D eigenvalue weighted by Gasteiger charge is 2.22. The first-order chi connectivity index (χ1) is 10.3. The number of nitrogens with zero attached hydrogens (tertiary/aromatic N) is 1. The van der Waals surface area contributed by atoms with Crippen LogP contribution in [-0.2, 0) is 12.8 Å². The summed E-state index contributed by atoms with van der Waals surface area (Å²) in [7, 11) is 0. The van der Waals surface area contributed by atoms with Crippen molar-refractivity contribution in [3.8, 4) is 0 Å². The average Bonchev–Trinajstić information content (AvgIpc) is 3.13. The molecule has 4 rings (SSSR count). The Hall–Kier alpha value is -2.07. The van der Waals surface area contributed by atoms with Crippen LogP contribution in [0.4, 0.5) is 0 Å². The maximum Gasteiger partial charge on any atom is 0.134 e. The van der Waals surface area contributed by atoms with Crippen molar-refractivity contribution >= 4 is 11.0 Å². The highest BCUT2D eigenvalue weighted by Crippen LogP contribution is 2.26. The minimum absolute atomic E-state index is 0.218. The highest BCUT2D eigenvalue weighted by molar-refractivity contribution is 5.77.